The van der Waals surface area contributed by atoms with Crippen molar-refractivity contribution in [3.05, 3.63) is 79.8 Å². The number of benzene rings is 2. The molecule has 2 aromatic heterocycles. The van der Waals surface area contributed by atoms with Gasteiger partial charge in [0.25, 0.3) is 5.56 Å². The third-order valence-electron chi connectivity index (χ3n) is 6.89. The van der Waals surface area contributed by atoms with E-state index >= 15 is 0 Å². The molecule has 2 aromatic carbocycles. The van der Waals surface area contributed by atoms with Crippen molar-refractivity contribution in [3.63, 3.8) is 0 Å². The number of rotatable bonds is 4. The van der Waals surface area contributed by atoms with Gasteiger partial charge in [0.15, 0.2) is 0 Å². The Morgan fingerprint density at radius 2 is 1.89 bits per heavy atom. The van der Waals surface area contributed by atoms with Gasteiger partial charge >= 0.3 is 0 Å². The third kappa shape index (κ3) is 4.07. The molecule has 0 fully saturated rings. The van der Waals surface area contributed by atoms with Gasteiger partial charge in [0.05, 0.1) is 21.1 Å². The van der Waals surface area contributed by atoms with Crippen molar-refractivity contribution >= 4 is 45.7 Å². The number of para-hydroxylation sites is 1. The molecule has 0 amide bonds. The largest absolute Gasteiger partial charge is 0.324 e. The van der Waals surface area contributed by atoms with Crippen molar-refractivity contribution in [2.75, 3.05) is 18.9 Å². The van der Waals surface area contributed by atoms with Gasteiger partial charge in [-0.05, 0) is 69.1 Å². The lowest BCUT2D eigenvalue weighted by Crippen LogP contribution is -2.43. The maximum atomic E-state index is 13.3. The molecule has 0 aliphatic carbocycles. The van der Waals surface area contributed by atoms with Crippen LogP contribution in [0.15, 0.2) is 47.4 Å². The summed E-state index contributed by atoms with van der Waals surface area (Å²) >= 11 is 12.7. The zero-order valence-electron chi connectivity index (χ0n) is 20.1. The molecule has 35 heavy (non-hydrogen) atoms. The van der Waals surface area contributed by atoms with E-state index in [1.807, 2.05) is 13.0 Å². The van der Waals surface area contributed by atoms with Crippen LogP contribution in [0.25, 0.3) is 16.6 Å². The number of hydrogen-bond acceptors (Lipinski definition) is 6. The van der Waals surface area contributed by atoms with E-state index in [-0.39, 0.29) is 11.1 Å². The first-order chi connectivity index (χ1) is 16.7. The van der Waals surface area contributed by atoms with E-state index in [4.69, 9.17) is 23.2 Å². The summed E-state index contributed by atoms with van der Waals surface area (Å²) in [4.78, 5) is 24.8. The lowest BCUT2D eigenvalue weighted by atomic mass is 9.83. The first kappa shape index (κ1) is 23.7. The lowest BCUT2D eigenvalue weighted by Gasteiger charge is -2.41. The molecule has 4 aromatic rings. The van der Waals surface area contributed by atoms with Crippen LogP contribution in [0.3, 0.4) is 0 Å². The van der Waals surface area contributed by atoms with E-state index in [1.165, 1.54) is 22.0 Å². The Hall–Kier alpha value is -3.00. The first-order valence-corrected chi connectivity index (χ1v) is 12.3. The van der Waals surface area contributed by atoms with Crippen molar-refractivity contribution in [1.29, 1.82) is 0 Å². The number of fused-ring (bicyclic) bond motifs is 2. The highest BCUT2D eigenvalue weighted by molar-refractivity contribution is 6.37. The van der Waals surface area contributed by atoms with Crippen LogP contribution in [0.5, 0.6) is 0 Å². The Morgan fingerprint density at radius 1 is 1.14 bits per heavy atom. The maximum Gasteiger partial charge on any atom is 0.282 e. The van der Waals surface area contributed by atoms with E-state index in [0.717, 1.165) is 18.7 Å². The highest BCUT2D eigenvalue weighted by Crippen LogP contribution is 2.36. The second-order valence-corrected chi connectivity index (χ2v) is 10.1. The Kier molecular flexibility index (Phi) is 6.03. The van der Waals surface area contributed by atoms with Crippen LogP contribution in [0.2, 0.25) is 10.0 Å². The number of anilines is 2. The quantitative estimate of drug-likeness (QED) is 0.391. The summed E-state index contributed by atoms with van der Waals surface area (Å²) < 4.78 is 1.24. The third-order valence-corrected chi connectivity index (χ3v) is 7.50. The molecule has 0 saturated carbocycles. The molecule has 1 N–H and O–H groups in total. The van der Waals surface area contributed by atoms with Gasteiger partial charge in [-0.2, -0.15) is 9.78 Å². The van der Waals surface area contributed by atoms with Crippen molar-refractivity contribution in [1.82, 2.24) is 24.6 Å². The minimum absolute atomic E-state index is 0.0696. The fourth-order valence-electron chi connectivity index (χ4n) is 4.57. The molecule has 9 heteroatoms. The number of nitrogens with one attached hydrogen (secondary N) is 1. The summed E-state index contributed by atoms with van der Waals surface area (Å²) in [5.41, 5.74) is 4.59. The molecule has 1 aliphatic heterocycles. The molecule has 1 aliphatic rings. The summed E-state index contributed by atoms with van der Waals surface area (Å²) in [6.07, 6.45) is 3.12. The predicted octanol–water partition coefficient (Wildman–Crippen LogP) is 5.51. The predicted molar refractivity (Wildman–Crippen MR) is 141 cm³/mol. The zero-order valence-corrected chi connectivity index (χ0v) is 21.6. The van der Waals surface area contributed by atoms with Crippen LogP contribution in [-0.2, 0) is 18.4 Å². The number of hydrogen-bond donors (Lipinski definition) is 1. The van der Waals surface area contributed by atoms with Crippen molar-refractivity contribution < 1.29 is 0 Å². The number of aromatic nitrogens is 4. The van der Waals surface area contributed by atoms with E-state index < -0.39 is 0 Å². The fraction of sp³-hybridized carbons (Fsp3) is 0.308. The van der Waals surface area contributed by atoms with Gasteiger partial charge in [0.2, 0.25) is 5.95 Å². The van der Waals surface area contributed by atoms with Crippen LogP contribution in [0, 0.1) is 0 Å². The highest BCUT2D eigenvalue weighted by Gasteiger charge is 2.32. The van der Waals surface area contributed by atoms with E-state index in [0.29, 0.717) is 44.7 Å². The summed E-state index contributed by atoms with van der Waals surface area (Å²) in [5.74, 6) is 0.406. The van der Waals surface area contributed by atoms with Gasteiger partial charge in [-0.15, -0.1) is 0 Å². The molecule has 0 bridgehead atoms. The molecule has 0 spiro atoms. The second-order valence-electron chi connectivity index (χ2n) is 9.27. The van der Waals surface area contributed by atoms with E-state index in [2.05, 4.69) is 58.3 Å². The number of aryl methyl sites for hydroxylation is 1. The van der Waals surface area contributed by atoms with Crippen LogP contribution in [-0.4, -0.2) is 38.2 Å². The highest BCUT2D eigenvalue weighted by atomic mass is 35.5. The summed E-state index contributed by atoms with van der Waals surface area (Å²) in [7, 11) is 2.15. The molecule has 3 heterocycles. The molecule has 0 saturated heterocycles. The molecule has 180 valence electrons. The van der Waals surface area contributed by atoms with Crippen molar-refractivity contribution in [2.45, 2.75) is 39.2 Å². The Bertz CT molecular complexity index is 1490. The minimum atomic E-state index is -0.377. The van der Waals surface area contributed by atoms with Crippen molar-refractivity contribution in [2.24, 2.45) is 0 Å². The number of likely N-dealkylation sites (N-methyl/N-ethyl adjacent to an activating group) is 1. The first-order valence-electron chi connectivity index (χ1n) is 11.6. The molecule has 0 atom stereocenters. The molecule has 0 radical (unpaired) electrons. The topological polar surface area (TPSA) is 75.9 Å². The van der Waals surface area contributed by atoms with Gasteiger partial charge in [-0.25, -0.2) is 9.97 Å². The average Bonchev–Trinajstić information content (AvgIpc) is 2.83. The standard InChI is InChI=1S/C26H26Cl2N6O/c1-5-21-22-17(24(35)34(32-21)23-19(27)7-6-8-20(23)28)14-29-25(31-22)30-16-10-9-15-11-12-33(4)26(2,3)18(15)13-16/h6-10,13-14H,5,11-12H2,1-4H3,(H,29,30,31). The Morgan fingerprint density at radius 3 is 2.60 bits per heavy atom. The normalized spacial score (nSPS) is 15.3. The Balaban J connectivity index is 1.57. The van der Waals surface area contributed by atoms with Crippen LogP contribution in [0.4, 0.5) is 11.6 Å². The molecular weight excluding hydrogens is 483 g/mol. The van der Waals surface area contributed by atoms with Gasteiger partial charge in [0, 0.05) is 24.0 Å². The van der Waals surface area contributed by atoms with Gasteiger partial charge < -0.3 is 5.32 Å². The van der Waals surface area contributed by atoms with Crippen molar-refractivity contribution in [3.8, 4) is 5.69 Å². The maximum absolute atomic E-state index is 13.3. The van der Waals surface area contributed by atoms with Crippen LogP contribution >= 0.6 is 23.2 Å². The van der Waals surface area contributed by atoms with Gasteiger partial charge in [-0.3, -0.25) is 9.69 Å². The lowest BCUT2D eigenvalue weighted by molar-refractivity contribution is 0.143. The number of nitrogens with zero attached hydrogens (tertiary/aromatic N) is 5. The molecule has 5 rings (SSSR count). The second kappa shape index (κ2) is 8.90. The number of halogens is 2. The van der Waals surface area contributed by atoms with Gasteiger partial charge in [0.1, 0.15) is 11.2 Å². The summed E-state index contributed by atoms with van der Waals surface area (Å²) in [6, 6.07) is 11.4. The smallest absolute Gasteiger partial charge is 0.282 e. The molecule has 0 unspecified atom stereocenters. The Labute approximate surface area is 213 Å². The summed E-state index contributed by atoms with van der Waals surface area (Å²) in [6.45, 7) is 7.46. The van der Waals surface area contributed by atoms with Crippen LogP contribution < -0.4 is 10.9 Å². The fourth-order valence-corrected chi connectivity index (χ4v) is 5.13. The molecule has 7 nitrogen and oxygen atoms in total. The van der Waals surface area contributed by atoms with Gasteiger partial charge in [-0.1, -0.05) is 42.3 Å². The van der Waals surface area contributed by atoms with Crippen LogP contribution in [0.1, 0.15) is 37.6 Å². The minimum Gasteiger partial charge on any atom is -0.324 e. The average molecular weight is 509 g/mol. The zero-order chi connectivity index (χ0) is 24.9. The monoisotopic (exact) mass is 508 g/mol. The SMILES string of the molecule is CCc1nn(-c2c(Cl)cccc2Cl)c(=O)c2cnc(Nc3ccc4c(c3)C(C)(C)N(C)CC4)nc12. The molecular formula is C26H26Cl2N6O. The van der Waals surface area contributed by atoms with E-state index in [1.54, 1.807) is 18.2 Å². The van der Waals surface area contributed by atoms with E-state index in [9.17, 15) is 4.79 Å². The summed E-state index contributed by atoms with van der Waals surface area (Å²) in [5, 5.41) is 8.91.